The molecule has 7 heteroatoms. The van der Waals surface area contributed by atoms with Crippen molar-refractivity contribution in [3.63, 3.8) is 0 Å². The van der Waals surface area contributed by atoms with E-state index in [1.807, 2.05) is 18.2 Å². The van der Waals surface area contributed by atoms with E-state index in [2.05, 4.69) is 10.6 Å². The van der Waals surface area contributed by atoms with Gasteiger partial charge in [0.05, 0.1) is 23.9 Å². The van der Waals surface area contributed by atoms with Crippen LogP contribution in [0.15, 0.2) is 54.1 Å². The molecule has 0 fully saturated rings. The third-order valence-corrected chi connectivity index (χ3v) is 4.12. The highest BCUT2D eigenvalue weighted by Crippen LogP contribution is 2.33. The molecule has 0 unspecified atom stereocenters. The maximum atomic E-state index is 14.4. The second kappa shape index (κ2) is 7.61. The molecule has 0 aromatic heterocycles. The summed E-state index contributed by atoms with van der Waals surface area (Å²) in [7, 11) is 0. The van der Waals surface area contributed by atoms with Gasteiger partial charge >= 0.3 is 5.97 Å². The Morgan fingerprint density at radius 3 is 2.58 bits per heavy atom. The van der Waals surface area contributed by atoms with Gasteiger partial charge in [0, 0.05) is 11.6 Å². The van der Waals surface area contributed by atoms with E-state index < -0.39 is 23.6 Å². The summed E-state index contributed by atoms with van der Waals surface area (Å²) in [5, 5.41) is 6.06. The molecule has 1 aliphatic rings. The Hall–Kier alpha value is -2.80. The van der Waals surface area contributed by atoms with Crippen LogP contribution >= 0.6 is 12.2 Å². The van der Waals surface area contributed by atoms with Gasteiger partial charge in [0.1, 0.15) is 11.6 Å². The summed E-state index contributed by atoms with van der Waals surface area (Å²) in [6.45, 7) is 1.84. The number of carbonyl (C=O) groups is 1. The minimum atomic E-state index is -0.904. The second-order valence-corrected chi connectivity index (χ2v) is 5.98. The van der Waals surface area contributed by atoms with Gasteiger partial charge in [-0.25, -0.2) is 13.6 Å². The van der Waals surface area contributed by atoms with Crippen LogP contribution in [0.25, 0.3) is 5.70 Å². The molecule has 1 atom stereocenters. The van der Waals surface area contributed by atoms with E-state index in [9.17, 15) is 13.6 Å². The molecular formula is C19H16F2N2O2S. The minimum Gasteiger partial charge on any atom is -0.463 e. The van der Waals surface area contributed by atoms with Gasteiger partial charge in [-0.2, -0.15) is 0 Å². The van der Waals surface area contributed by atoms with E-state index in [1.54, 1.807) is 19.1 Å². The van der Waals surface area contributed by atoms with Crippen molar-refractivity contribution in [1.29, 1.82) is 0 Å². The zero-order valence-electron chi connectivity index (χ0n) is 13.9. The van der Waals surface area contributed by atoms with Gasteiger partial charge in [-0.1, -0.05) is 36.4 Å². The highest BCUT2D eigenvalue weighted by Gasteiger charge is 2.34. The predicted molar refractivity (Wildman–Crippen MR) is 98.0 cm³/mol. The Bertz CT molecular complexity index is 884. The van der Waals surface area contributed by atoms with Gasteiger partial charge < -0.3 is 15.4 Å². The van der Waals surface area contributed by atoms with Crippen molar-refractivity contribution < 1.29 is 18.3 Å². The van der Waals surface area contributed by atoms with E-state index in [1.165, 1.54) is 6.07 Å². The highest BCUT2D eigenvalue weighted by molar-refractivity contribution is 7.80. The number of hydrogen-bond acceptors (Lipinski definition) is 3. The van der Waals surface area contributed by atoms with E-state index in [-0.39, 0.29) is 22.9 Å². The smallest absolute Gasteiger partial charge is 0.338 e. The number of esters is 1. The van der Waals surface area contributed by atoms with Crippen LogP contribution in [0.2, 0.25) is 0 Å². The van der Waals surface area contributed by atoms with Crippen molar-refractivity contribution in [2.24, 2.45) is 0 Å². The summed E-state index contributed by atoms with van der Waals surface area (Å²) in [6, 6.07) is 11.3. The van der Waals surface area contributed by atoms with Crippen LogP contribution < -0.4 is 10.6 Å². The largest absolute Gasteiger partial charge is 0.463 e. The molecule has 0 saturated heterocycles. The van der Waals surface area contributed by atoms with Crippen LogP contribution in [-0.4, -0.2) is 17.7 Å². The number of rotatable bonds is 4. The number of hydrogen-bond donors (Lipinski definition) is 2. The summed E-state index contributed by atoms with van der Waals surface area (Å²) in [4.78, 5) is 12.7. The fraction of sp³-hybridized carbons (Fsp3) is 0.158. The third-order valence-electron chi connectivity index (χ3n) is 3.90. The summed E-state index contributed by atoms with van der Waals surface area (Å²) < 4.78 is 32.9. The van der Waals surface area contributed by atoms with Crippen LogP contribution in [0.4, 0.5) is 8.78 Å². The fourth-order valence-corrected chi connectivity index (χ4v) is 3.01. The van der Waals surface area contributed by atoms with Gasteiger partial charge in [0.15, 0.2) is 5.11 Å². The molecule has 3 rings (SSSR count). The normalized spacial score (nSPS) is 16.7. The average molecular weight is 374 g/mol. The molecule has 2 N–H and O–H groups in total. The molecule has 1 aliphatic heterocycles. The molecule has 0 bridgehead atoms. The lowest BCUT2D eigenvalue weighted by molar-refractivity contribution is -0.138. The highest BCUT2D eigenvalue weighted by atomic mass is 32.1. The molecule has 0 radical (unpaired) electrons. The first-order valence-electron chi connectivity index (χ1n) is 8.00. The van der Waals surface area contributed by atoms with Gasteiger partial charge in [-0.15, -0.1) is 0 Å². The van der Waals surface area contributed by atoms with Crippen LogP contribution in [0, 0.1) is 11.6 Å². The molecule has 134 valence electrons. The molecule has 0 aliphatic carbocycles. The lowest BCUT2D eigenvalue weighted by Crippen LogP contribution is -2.45. The molecule has 2 aromatic carbocycles. The Morgan fingerprint density at radius 2 is 1.92 bits per heavy atom. The number of carbonyl (C=O) groups excluding carboxylic acids is 1. The Kier molecular flexibility index (Phi) is 5.27. The van der Waals surface area contributed by atoms with E-state index in [0.29, 0.717) is 11.3 Å². The van der Waals surface area contributed by atoms with Crippen molar-refractivity contribution >= 4 is 29.0 Å². The van der Waals surface area contributed by atoms with E-state index in [4.69, 9.17) is 17.0 Å². The summed E-state index contributed by atoms with van der Waals surface area (Å²) >= 11 is 5.23. The molecule has 26 heavy (non-hydrogen) atoms. The van der Waals surface area contributed by atoms with Crippen molar-refractivity contribution in [2.45, 2.75) is 13.0 Å². The number of benzene rings is 2. The lowest BCUT2D eigenvalue weighted by atomic mass is 9.92. The number of halogens is 2. The zero-order chi connectivity index (χ0) is 18.7. The fourth-order valence-electron chi connectivity index (χ4n) is 2.79. The van der Waals surface area contributed by atoms with Crippen LogP contribution in [0.5, 0.6) is 0 Å². The Morgan fingerprint density at radius 1 is 1.19 bits per heavy atom. The number of ether oxygens (including phenoxy) is 1. The summed E-state index contributed by atoms with van der Waals surface area (Å²) in [5.41, 5.74) is 1.41. The van der Waals surface area contributed by atoms with Crippen LogP contribution in [0.1, 0.15) is 24.1 Å². The van der Waals surface area contributed by atoms with Gasteiger partial charge in [-0.3, -0.25) is 0 Å². The van der Waals surface area contributed by atoms with Crippen LogP contribution in [-0.2, 0) is 9.53 Å². The first kappa shape index (κ1) is 18.0. The van der Waals surface area contributed by atoms with Crippen molar-refractivity contribution in [1.82, 2.24) is 10.6 Å². The van der Waals surface area contributed by atoms with Crippen molar-refractivity contribution in [3.05, 3.63) is 76.9 Å². The molecule has 0 amide bonds. The first-order chi connectivity index (χ1) is 12.5. The molecule has 4 nitrogen and oxygen atoms in total. The van der Waals surface area contributed by atoms with Crippen molar-refractivity contribution in [2.75, 3.05) is 6.61 Å². The second-order valence-electron chi connectivity index (χ2n) is 5.57. The maximum absolute atomic E-state index is 14.4. The molecule has 1 heterocycles. The zero-order valence-corrected chi connectivity index (χ0v) is 14.7. The number of thiocarbonyl (C=S) groups is 1. The predicted octanol–water partition coefficient (Wildman–Crippen LogP) is 3.46. The number of nitrogens with one attached hydrogen (secondary N) is 2. The van der Waals surface area contributed by atoms with E-state index >= 15 is 0 Å². The lowest BCUT2D eigenvalue weighted by Gasteiger charge is -2.31. The molecule has 0 spiro atoms. The van der Waals surface area contributed by atoms with Gasteiger partial charge in [-0.05, 0) is 30.8 Å². The summed E-state index contributed by atoms with van der Waals surface area (Å²) in [5.74, 6) is -2.09. The first-order valence-corrected chi connectivity index (χ1v) is 8.41. The summed E-state index contributed by atoms with van der Waals surface area (Å²) in [6.07, 6.45) is 0. The molecule has 0 saturated carbocycles. The average Bonchev–Trinajstić information content (AvgIpc) is 2.62. The minimum absolute atomic E-state index is 0.103. The Balaban J connectivity index is 2.20. The van der Waals surface area contributed by atoms with Crippen molar-refractivity contribution in [3.8, 4) is 0 Å². The third kappa shape index (κ3) is 3.57. The van der Waals surface area contributed by atoms with Gasteiger partial charge in [0.25, 0.3) is 0 Å². The van der Waals surface area contributed by atoms with Crippen LogP contribution in [0.3, 0.4) is 0 Å². The molecular weight excluding hydrogens is 358 g/mol. The maximum Gasteiger partial charge on any atom is 0.338 e. The Labute approximate surface area is 154 Å². The standard InChI is InChI=1S/C19H16F2N2O2S/c1-2-25-18(24)15-16(11-6-4-3-5-7-11)22-19(26)23-17(15)13-9-8-12(20)10-14(13)21/h3-10,17H,2H2,1H3,(H2,22,23,26)/t17-/m0/s1. The topological polar surface area (TPSA) is 50.4 Å². The SMILES string of the molecule is CCOC(=O)C1=C(c2ccccc2)NC(=S)N[C@H]1c1ccc(F)cc1F. The monoisotopic (exact) mass is 374 g/mol. The molecule has 2 aromatic rings. The van der Waals surface area contributed by atoms with E-state index in [0.717, 1.165) is 12.1 Å². The van der Waals surface area contributed by atoms with Gasteiger partial charge in [0.2, 0.25) is 0 Å². The quantitative estimate of drug-likeness (QED) is 0.634.